The van der Waals surface area contributed by atoms with Crippen LogP contribution in [-0.4, -0.2) is 42.7 Å². The number of carbonyl (C=O) groups is 1. The van der Waals surface area contributed by atoms with Crippen molar-refractivity contribution in [1.82, 2.24) is 15.3 Å². The number of amides is 1. The third-order valence-electron chi connectivity index (χ3n) is 5.09. The summed E-state index contributed by atoms with van der Waals surface area (Å²) in [4.78, 5) is 20.4. The highest BCUT2D eigenvalue weighted by atomic mass is 35.5. The molecular formula is C24H22ClN3O4. The van der Waals surface area contributed by atoms with E-state index in [4.69, 9.17) is 25.8 Å². The lowest BCUT2D eigenvalue weighted by molar-refractivity contribution is -0.116. The van der Waals surface area contributed by atoms with Gasteiger partial charge in [-0.15, -0.1) is 0 Å². The van der Waals surface area contributed by atoms with Gasteiger partial charge < -0.3 is 19.5 Å². The number of nitrogens with one attached hydrogen (secondary N) is 1. The first-order chi connectivity index (χ1) is 15.6. The zero-order valence-electron chi connectivity index (χ0n) is 17.7. The Kier molecular flexibility index (Phi) is 6.56. The second-order valence-electron chi connectivity index (χ2n) is 7.21. The first kappa shape index (κ1) is 21.6. The van der Waals surface area contributed by atoms with Gasteiger partial charge >= 0.3 is 0 Å². The van der Waals surface area contributed by atoms with Gasteiger partial charge in [0, 0.05) is 36.0 Å². The van der Waals surface area contributed by atoms with Gasteiger partial charge in [-0.25, -0.2) is 9.97 Å². The highest BCUT2D eigenvalue weighted by Gasteiger charge is 2.26. The number of nitrogens with zero attached hydrogens (tertiary/aromatic N) is 2. The lowest BCUT2D eigenvalue weighted by Gasteiger charge is -2.11. The Morgan fingerprint density at radius 1 is 1.16 bits per heavy atom. The van der Waals surface area contributed by atoms with Gasteiger partial charge in [0.1, 0.15) is 18.2 Å². The van der Waals surface area contributed by atoms with Gasteiger partial charge in [0.2, 0.25) is 5.91 Å². The zero-order chi connectivity index (χ0) is 22.5. The SMILES string of the molecule is COc1ccc(C=CC(=O)NCC2Cc3cc(-c4cncnc4)cc(Cl)c3O2)cc1OC. The topological polar surface area (TPSA) is 82.6 Å². The molecule has 1 unspecified atom stereocenters. The fraction of sp³-hybridized carbons (Fsp3) is 0.208. The summed E-state index contributed by atoms with van der Waals surface area (Å²) in [6.45, 7) is 0.365. The summed E-state index contributed by atoms with van der Waals surface area (Å²) in [6.07, 6.45) is 8.61. The van der Waals surface area contributed by atoms with Gasteiger partial charge in [-0.2, -0.15) is 0 Å². The van der Waals surface area contributed by atoms with Crippen LogP contribution in [0.3, 0.4) is 0 Å². The van der Waals surface area contributed by atoms with Crippen LogP contribution in [0.2, 0.25) is 5.02 Å². The molecule has 0 saturated heterocycles. The van der Waals surface area contributed by atoms with Crippen LogP contribution in [0.4, 0.5) is 0 Å². The minimum Gasteiger partial charge on any atom is -0.493 e. The molecule has 32 heavy (non-hydrogen) atoms. The number of hydrogen-bond donors (Lipinski definition) is 1. The van der Waals surface area contributed by atoms with Crippen LogP contribution in [0.5, 0.6) is 17.2 Å². The van der Waals surface area contributed by atoms with Gasteiger partial charge in [0.25, 0.3) is 0 Å². The number of fused-ring (bicyclic) bond motifs is 1. The van der Waals surface area contributed by atoms with E-state index in [1.165, 1.54) is 12.4 Å². The van der Waals surface area contributed by atoms with E-state index in [0.29, 0.717) is 35.2 Å². The Balaban J connectivity index is 1.35. The molecular weight excluding hydrogens is 430 g/mol. The van der Waals surface area contributed by atoms with E-state index in [1.807, 2.05) is 18.2 Å². The van der Waals surface area contributed by atoms with Crippen molar-refractivity contribution in [3.05, 3.63) is 71.3 Å². The first-order valence-electron chi connectivity index (χ1n) is 9.99. The van der Waals surface area contributed by atoms with Crippen molar-refractivity contribution in [3.63, 3.8) is 0 Å². The van der Waals surface area contributed by atoms with Crippen LogP contribution in [0.25, 0.3) is 17.2 Å². The Morgan fingerprint density at radius 3 is 2.69 bits per heavy atom. The number of halogens is 1. The maximum Gasteiger partial charge on any atom is 0.244 e. The van der Waals surface area contributed by atoms with Crippen molar-refractivity contribution in [1.29, 1.82) is 0 Å². The Hall–Kier alpha value is -3.58. The third-order valence-corrected chi connectivity index (χ3v) is 5.37. The number of methoxy groups -OCH3 is 2. The lowest BCUT2D eigenvalue weighted by Crippen LogP contribution is -2.33. The van der Waals surface area contributed by atoms with Gasteiger partial charge in [-0.1, -0.05) is 17.7 Å². The molecule has 1 N–H and O–H groups in total. The van der Waals surface area contributed by atoms with Crippen molar-refractivity contribution in [2.45, 2.75) is 12.5 Å². The molecule has 3 aromatic rings. The second-order valence-corrected chi connectivity index (χ2v) is 7.62. The molecule has 0 bridgehead atoms. The standard InChI is InChI=1S/C24H22ClN3O4/c1-30-21-5-3-15(7-22(21)31-2)4-6-23(29)28-13-19-9-17-8-16(10-20(25)24(17)32-19)18-11-26-14-27-12-18/h3-8,10-12,14,19H,9,13H2,1-2H3,(H,28,29). The number of aromatic nitrogens is 2. The number of ether oxygens (including phenoxy) is 3. The van der Waals surface area contributed by atoms with Gasteiger partial charge in [-0.05, 0) is 41.5 Å². The quantitative estimate of drug-likeness (QED) is 0.548. The molecule has 1 aliphatic heterocycles. The van der Waals surface area contributed by atoms with E-state index in [9.17, 15) is 4.79 Å². The highest BCUT2D eigenvalue weighted by molar-refractivity contribution is 6.32. The van der Waals surface area contributed by atoms with Crippen molar-refractivity contribution in [2.75, 3.05) is 20.8 Å². The maximum atomic E-state index is 12.3. The molecule has 8 heteroatoms. The van der Waals surface area contributed by atoms with Crippen LogP contribution < -0.4 is 19.5 Å². The van der Waals surface area contributed by atoms with Crippen molar-refractivity contribution < 1.29 is 19.0 Å². The number of carbonyl (C=O) groups excluding carboxylic acids is 1. The molecule has 4 rings (SSSR count). The summed E-state index contributed by atoms with van der Waals surface area (Å²) < 4.78 is 16.5. The molecule has 2 aromatic carbocycles. The summed E-state index contributed by atoms with van der Waals surface area (Å²) in [5.74, 6) is 1.68. The molecule has 1 aromatic heterocycles. The number of benzene rings is 2. The van der Waals surface area contributed by atoms with E-state index in [-0.39, 0.29) is 12.0 Å². The third kappa shape index (κ3) is 4.84. The predicted octanol–water partition coefficient (Wildman–Crippen LogP) is 3.95. The van der Waals surface area contributed by atoms with Gasteiger partial charge in [0.05, 0.1) is 25.8 Å². The Bertz CT molecular complexity index is 1150. The molecule has 0 spiro atoms. The molecule has 0 fully saturated rings. The van der Waals surface area contributed by atoms with E-state index >= 15 is 0 Å². The zero-order valence-corrected chi connectivity index (χ0v) is 18.4. The van der Waals surface area contributed by atoms with E-state index in [0.717, 1.165) is 22.3 Å². The Morgan fingerprint density at radius 2 is 1.94 bits per heavy atom. The van der Waals surface area contributed by atoms with E-state index < -0.39 is 0 Å². The van der Waals surface area contributed by atoms with Crippen molar-refractivity contribution in [3.8, 4) is 28.4 Å². The first-order valence-corrected chi connectivity index (χ1v) is 10.4. The number of rotatable bonds is 7. The lowest BCUT2D eigenvalue weighted by atomic mass is 10.0. The normalized spacial score (nSPS) is 14.7. The maximum absolute atomic E-state index is 12.3. The average Bonchev–Trinajstić information content (AvgIpc) is 3.25. The van der Waals surface area contributed by atoms with Gasteiger partial charge in [-0.3, -0.25) is 4.79 Å². The van der Waals surface area contributed by atoms with Crippen molar-refractivity contribution >= 4 is 23.6 Å². The van der Waals surface area contributed by atoms with Gasteiger partial charge in [0.15, 0.2) is 11.5 Å². The van der Waals surface area contributed by atoms with Crippen LogP contribution in [0.1, 0.15) is 11.1 Å². The van der Waals surface area contributed by atoms with Crippen LogP contribution in [0, 0.1) is 0 Å². The summed E-state index contributed by atoms with van der Waals surface area (Å²) >= 11 is 6.43. The molecule has 0 radical (unpaired) electrons. The molecule has 2 heterocycles. The van der Waals surface area contributed by atoms with Crippen LogP contribution in [0.15, 0.2) is 55.1 Å². The van der Waals surface area contributed by atoms with E-state index in [1.54, 1.807) is 44.8 Å². The Labute approximate surface area is 191 Å². The smallest absolute Gasteiger partial charge is 0.244 e. The van der Waals surface area contributed by atoms with Crippen molar-refractivity contribution in [2.24, 2.45) is 0 Å². The summed E-state index contributed by atoms with van der Waals surface area (Å²) in [5, 5.41) is 3.41. The number of hydrogen-bond acceptors (Lipinski definition) is 6. The fourth-order valence-corrected chi connectivity index (χ4v) is 3.80. The van der Waals surface area contributed by atoms with E-state index in [2.05, 4.69) is 15.3 Å². The average molecular weight is 452 g/mol. The highest BCUT2D eigenvalue weighted by Crippen LogP contribution is 2.39. The summed E-state index contributed by atoms with van der Waals surface area (Å²) in [5.41, 5.74) is 3.64. The minimum absolute atomic E-state index is 0.191. The molecule has 0 aliphatic carbocycles. The largest absolute Gasteiger partial charge is 0.493 e. The predicted molar refractivity (Wildman–Crippen MR) is 122 cm³/mol. The summed E-state index contributed by atoms with van der Waals surface area (Å²) in [7, 11) is 3.15. The molecule has 1 aliphatic rings. The molecule has 1 amide bonds. The second kappa shape index (κ2) is 9.70. The molecule has 0 saturated carbocycles. The fourth-order valence-electron chi connectivity index (χ4n) is 3.52. The molecule has 164 valence electrons. The molecule has 7 nitrogen and oxygen atoms in total. The summed E-state index contributed by atoms with van der Waals surface area (Å²) in [6, 6.07) is 9.31. The van der Waals surface area contributed by atoms with Crippen LogP contribution in [-0.2, 0) is 11.2 Å². The molecule has 1 atom stereocenters. The monoisotopic (exact) mass is 451 g/mol. The minimum atomic E-state index is -0.215. The van der Waals surface area contributed by atoms with Crippen LogP contribution >= 0.6 is 11.6 Å².